The number of nitrogens with zero attached hydrogens (tertiary/aromatic N) is 1. The van der Waals surface area contributed by atoms with Crippen molar-refractivity contribution in [1.29, 1.82) is 0 Å². The lowest BCUT2D eigenvalue weighted by Gasteiger charge is -2.19. The molecule has 32 heavy (non-hydrogen) atoms. The minimum absolute atomic E-state index is 0.0781. The van der Waals surface area contributed by atoms with Crippen LogP contribution in [-0.4, -0.2) is 47.5 Å². The molecule has 0 saturated heterocycles. The van der Waals surface area contributed by atoms with Crippen molar-refractivity contribution < 1.29 is 23.8 Å². The van der Waals surface area contributed by atoms with Gasteiger partial charge in [-0.05, 0) is 44.1 Å². The van der Waals surface area contributed by atoms with Gasteiger partial charge in [-0.25, -0.2) is 4.39 Å². The van der Waals surface area contributed by atoms with Gasteiger partial charge in [-0.1, -0.05) is 41.8 Å². The van der Waals surface area contributed by atoms with Crippen LogP contribution < -0.4 is 0 Å². The normalized spacial score (nSPS) is 17.2. The van der Waals surface area contributed by atoms with E-state index < -0.39 is 11.8 Å². The number of alkyl halides is 1. The Hall–Kier alpha value is -2.59. The molecule has 1 amide bonds. The molecule has 1 unspecified atom stereocenters. The lowest BCUT2D eigenvalue weighted by atomic mass is 10.1. The summed E-state index contributed by atoms with van der Waals surface area (Å²) in [7, 11) is 0. The van der Waals surface area contributed by atoms with Crippen molar-refractivity contribution in [3.8, 4) is 12.3 Å². The topological polar surface area (TPSA) is 59.0 Å². The fraction of sp³-hybridized carbons (Fsp3) is 0.400. The summed E-state index contributed by atoms with van der Waals surface area (Å²) >= 11 is 5.76. The quantitative estimate of drug-likeness (QED) is 0.182. The number of terminal acetylenes is 1. The summed E-state index contributed by atoms with van der Waals surface area (Å²) in [6.07, 6.45) is 20.0. The Kier molecular flexibility index (Phi) is 13.1. The highest BCUT2D eigenvalue weighted by atomic mass is 35.5. The van der Waals surface area contributed by atoms with Crippen LogP contribution in [0.15, 0.2) is 71.8 Å². The van der Waals surface area contributed by atoms with Gasteiger partial charge in [0.25, 0.3) is 0 Å². The molecule has 0 saturated carbocycles. The summed E-state index contributed by atoms with van der Waals surface area (Å²) in [5, 5.41) is 9.63. The van der Waals surface area contributed by atoms with Gasteiger partial charge >= 0.3 is 0 Å². The molecule has 0 fully saturated rings. The minimum atomic E-state index is -0.933. The van der Waals surface area contributed by atoms with E-state index in [0.29, 0.717) is 25.1 Å². The zero-order chi connectivity index (χ0) is 23.8. The third-order valence-corrected chi connectivity index (χ3v) is 4.11. The molecule has 1 N–H and O–H groups in total. The van der Waals surface area contributed by atoms with Crippen LogP contribution in [0.3, 0.4) is 0 Å². The van der Waals surface area contributed by atoms with E-state index in [1.807, 2.05) is 6.08 Å². The van der Waals surface area contributed by atoms with Crippen LogP contribution in [0.1, 0.15) is 33.1 Å². The summed E-state index contributed by atoms with van der Waals surface area (Å²) in [6.45, 7) is 4.07. The molecule has 7 heteroatoms. The van der Waals surface area contributed by atoms with Crippen LogP contribution in [-0.2, 0) is 14.3 Å². The maximum Gasteiger partial charge on any atom is 0.243 e. The molecular weight excluding hydrogens is 433 g/mol. The Morgan fingerprint density at radius 3 is 2.88 bits per heavy atom. The molecule has 1 aliphatic rings. The monoisotopic (exact) mass is 463 g/mol. The number of hydrogen-bond donors (Lipinski definition) is 1. The highest BCUT2D eigenvalue weighted by molar-refractivity contribution is 6.25. The summed E-state index contributed by atoms with van der Waals surface area (Å²) in [5.41, 5.74) is 1.84. The van der Waals surface area contributed by atoms with Crippen molar-refractivity contribution >= 4 is 17.5 Å². The molecule has 0 aromatic heterocycles. The predicted octanol–water partition coefficient (Wildman–Crippen LogP) is 4.92. The van der Waals surface area contributed by atoms with Crippen molar-refractivity contribution in [3.05, 3.63) is 71.8 Å². The predicted molar refractivity (Wildman–Crippen MR) is 126 cm³/mol. The van der Waals surface area contributed by atoms with E-state index in [-0.39, 0.29) is 25.5 Å². The second-order valence-electron chi connectivity index (χ2n) is 7.59. The largest absolute Gasteiger partial charge is 0.499 e. The van der Waals surface area contributed by atoms with Crippen molar-refractivity contribution in [2.75, 3.05) is 19.8 Å². The van der Waals surface area contributed by atoms with Crippen molar-refractivity contribution in [2.45, 2.75) is 44.9 Å². The molecule has 0 aliphatic heterocycles. The van der Waals surface area contributed by atoms with E-state index in [4.69, 9.17) is 27.5 Å². The van der Waals surface area contributed by atoms with Gasteiger partial charge in [0.1, 0.15) is 12.8 Å². The molecule has 0 radical (unpaired) electrons. The smallest absolute Gasteiger partial charge is 0.243 e. The first-order valence-corrected chi connectivity index (χ1v) is 10.7. The average Bonchev–Trinajstić information content (AvgIpc) is 2.73. The lowest BCUT2D eigenvalue weighted by molar-refractivity contribution is -0.125. The van der Waals surface area contributed by atoms with Gasteiger partial charge in [0, 0.05) is 23.9 Å². The minimum Gasteiger partial charge on any atom is -0.499 e. The standard InChI is InChI=1S/C25H31ClFNO4/c1-4-8-24(29)28(16-7-18-31-19-21-10-12-22(27)13-11-21)23(14-15-26)9-5-6-17-32-20-25(2,3)30/h1,6-7,9-12,14-17,22,30H,5,8,13,18-20H2,2-3H3/b15-14+,16-7-,17-6+,23-9?. The first-order valence-electron chi connectivity index (χ1n) is 10.2. The maximum atomic E-state index is 13.1. The SMILES string of the molecule is C#CCC(=O)N(/C=C\COCC1=CCC(F)C=C1)C(=CC/C=C/OCC(C)(C)O)/C=C/Cl. The Morgan fingerprint density at radius 2 is 2.25 bits per heavy atom. The summed E-state index contributed by atoms with van der Waals surface area (Å²) in [6, 6.07) is 0. The fourth-order valence-electron chi connectivity index (χ4n) is 2.50. The zero-order valence-corrected chi connectivity index (χ0v) is 19.3. The number of allylic oxidation sites excluding steroid dienone is 5. The molecule has 0 spiro atoms. The van der Waals surface area contributed by atoms with E-state index in [9.17, 15) is 14.3 Å². The second kappa shape index (κ2) is 15.3. The maximum absolute atomic E-state index is 13.1. The summed E-state index contributed by atoms with van der Waals surface area (Å²) in [5.74, 6) is 2.05. The Bertz CT molecular complexity index is 813. The van der Waals surface area contributed by atoms with Crippen LogP contribution in [0.4, 0.5) is 4.39 Å². The first kappa shape index (κ1) is 27.4. The summed E-state index contributed by atoms with van der Waals surface area (Å²) < 4.78 is 23.9. The van der Waals surface area contributed by atoms with Gasteiger partial charge in [0.2, 0.25) is 5.91 Å². The van der Waals surface area contributed by atoms with Gasteiger partial charge in [-0.3, -0.25) is 9.69 Å². The average molecular weight is 464 g/mol. The van der Waals surface area contributed by atoms with Crippen LogP contribution in [0, 0.1) is 12.3 Å². The summed E-state index contributed by atoms with van der Waals surface area (Å²) in [4.78, 5) is 13.9. The molecule has 174 valence electrons. The number of carbonyl (C=O) groups excluding carboxylic acids is 1. The third kappa shape index (κ3) is 12.3. The molecular formula is C25H31ClFNO4. The Balaban J connectivity index is 2.72. The number of aliphatic hydroxyl groups is 1. The van der Waals surface area contributed by atoms with E-state index in [0.717, 1.165) is 5.57 Å². The van der Waals surface area contributed by atoms with Crippen LogP contribution in [0.5, 0.6) is 0 Å². The number of hydrogen-bond acceptors (Lipinski definition) is 4. The molecule has 5 nitrogen and oxygen atoms in total. The van der Waals surface area contributed by atoms with Gasteiger partial charge in [0.15, 0.2) is 0 Å². The first-order chi connectivity index (χ1) is 15.3. The third-order valence-electron chi connectivity index (χ3n) is 3.99. The van der Waals surface area contributed by atoms with Crippen molar-refractivity contribution in [2.24, 2.45) is 0 Å². The van der Waals surface area contributed by atoms with E-state index in [2.05, 4.69) is 5.92 Å². The molecule has 0 heterocycles. The number of amides is 1. The fourth-order valence-corrected chi connectivity index (χ4v) is 2.63. The molecule has 1 aliphatic carbocycles. The lowest BCUT2D eigenvalue weighted by Crippen LogP contribution is -2.24. The van der Waals surface area contributed by atoms with Crippen LogP contribution >= 0.6 is 11.6 Å². The van der Waals surface area contributed by atoms with Gasteiger partial charge < -0.3 is 14.6 Å². The highest BCUT2D eigenvalue weighted by Gasteiger charge is 2.13. The van der Waals surface area contributed by atoms with Crippen LogP contribution in [0.25, 0.3) is 0 Å². The molecule has 1 atom stereocenters. The van der Waals surface area contributed by atoms with Crippen molar-refractivity contribution in [3.63, 3.8) is 0 Å². The Morgan fingerprint density at radius 1 is 1.47 bits per heavy atom. The zero-order valence-electron chi connectivity index (χ0n) is 18.5. The molecule has 1 rings (SSSR count). The van der Waals surface area contributed by atoms with E-state index in [1.54, 1.807) is 50.4 Å². The highest BCUT2D eigenvalue weighted by Crippen LogP contribution is 2.14. The second-order valence-corrected chi connectivity index (χ2v) is 7.84. The molecule has 0 bridgehead atoms. The molecule has 0 aromatic rings. The molecule has 0 aromatic carbocycles. The Labute approximate surface area is 195 Å². The van der Waals surface area contributed by atoms with Gasteiger partial charge in [-0.2, -0.15) is 0 Å². The van der Waals surface area contributed by atoms with Crippen LogP contribution in [0.2, 0.25) is 0 Å². The van der Waals surface area contributed by atoms with Crippen molar-refractivity contribution in [1.82, 2.24) is 4.90 Å². The van der Waals surface area contributed by atoms with Gasteiger partial charge in [0.05, 0.1) is 31.5 Å². The van der Waals surface area contributed by atoms with Gasteiger partial charge in [-0.15, -0.1) is 6.42 Å². The van der Waals surface area contributed by atoms with E-state index in [1.165, 1.54) is 22.8 Å². The van der Waals surface area contributed by atoms with E-state index >= 15 is 0 Å². The number of rotatable bonds is 13. The number of halogens is 2. The number of ether oxygens (including phenoxy) is 2. The number of carbonyl (C=O) groups is 1.